The van der Waals surface area contributed by atoms with Gasteiger partial charge in [-0.05, 0) is 36.7 Å². The number of nitrogens with zero attached hydrogens (tertiary/aromatic N) is 1. The zero-order valence-corrected chi connectivity index (χ0v) is 6.46. The number of aromatic nitrogens is 1. The minimum Gasteiger partial charge on any atom is -0.330 e. The summed E-state index contributed by atoms with van der Waals surface area (Å²) in [5.74, 6) is 0. The van der Waals surface area contributed by atoms with Crippen molar-refractivity contribution < 1.29 is 0 Å². The highest BCUT2D eigenvalue weighted by atomic mass is 14.7. The van der Waals surface area contributed by atoms with Gasteiger partial charge in [-0.3, -0.25) is 4.98 Å². The normalized spacial score (nSPS) is 9.55. The van der Waals surface area contributed by atoms with Crippen LogP contribution in [-0.4, -0.2) is 11.5 Å². The number of nitrogens with two attached hydrogens (primary N) is 1. The maximum atomic E-state index is 5.41. The van der Waals surface area contributed by atoms with Gasteiger partial charge in [-0.15, -0.1) is 0 Å². The molecule has 0 aliphatic rings. The monoisotopic (exact) mass is 148 g/mol. The minimum absolute atomic E-state index is 0.681. The maximum Gasteiger partial charge on any atom is 0.0626 e. The molecule has 1 aromatic rings. The molecule has 2 heteroatoms. The smallest absolute Gasteiger partial charge is 0.0626 e. The molecular formula is C9H12N2. The Morgan fingerprint density at radius 2 is 2.45 bits per heavy atom. The van der Waals surface area contributed by atoms with Gasteiger partial charge in [0.1, 0.15) is 0 Å². The highest BCUT2D eigenvalue weighted by Crippen LogP contribution is 2.02. The average Bonchev–Trinajstić information content (AvgIpc) is 2.06. The molecule has 0 saturated heterocycles. The Balaban J connectivity index is 2.82. The average molecular weight is 148 g/mol. The molecule has 0 bridgehead atoms. The third kappa shape index (κ3) is 2.16. The van der Waals surface area contributed by atoms with Gasteiger partial charge >= 0.3 is 0 Å². The zero-order chi connectivity index (χ0) is 8.10. The summed E-state index contributed by atoms with van der Waals surface area (Å²) in [5, 5.41) is 0. The van der Waals surface area contributed by atoms with E-state index in [9.17, 15) is 0 Å². The van der Waals surface area contributed by atoms with E-state index in [2.05, 4.69) is 11.6 Å². The largest absolute Gasteiger partial charge is 0.330 e. The van der Waals surface area contributed by atoms with Gasteiger partial charge in [0.2, 0.25) is 0 Å². The van der Waals surface area contributed by atoms with Crippen molar-refractivity contribution in [1.29, 1.82) is 0 Å². The van der Waals surface area contributed by atoms with Gasteiger partial charge in [-0.1, -0.05) is 6.58 Å². The van der Waals surface area contributed by atoms with Gasteiger partial charge in [0.25, 0.3) is 0 Å². The highest BCUT2D eigenvalue weighted by molar-refractivity contribution is 5.42. The van der Waals surface area contributed by atoms with Crippen LogP contribution in [0.3, 0.4) is 0 Å². The van der Waals surface area contributed by atoms with E-state index in [1.807, 2.05) is 12.1 Å². The van der Waals surface area contributed by atoms with Crippen molar-refractivity contribution >= 4 is 6.08 Å². The van der Waals surface area contributed by atoms with Crippen LogP contribution in [0.15, 0.2) is 24.9 Å². The summed E-state index contributed by atoms with van der Waals surface area (Å²) in [5.41, 5.74) is 7.54. The highest BCUT2D eigenvalue weighted by Gasteiger charge is 1.91. The van der Waals surface area contributed by atoms with E-state index in [0.29, 0.717) is 6.54 Å². The van der Waals surface area contributed by atoms with Crippen molar-refractivity contribution in [1.82, 2.24) is 4.98 Å². The van der Waals surface area contributed by atoms with E-state index in [-0.39, 0.29) is 0 Å². The number of hydrogen-bond acceptors (Lipinski definition) is 2. The molecule has 0 saturated carbocycles. The van der Waals surface area contributed by atoms with E-state index in [0.717, 1.165) is 12.1 Å². The molecule has 0 aromatic carbocycles. The van der Waals surface area contributed by atoms with Gasteiger partial charge in [0.05, 0.1) is 5.69 Å². The van der Waals surface area contributed by atoms with Crippen molar-refractivity contribution in [3.05, 3.63) is 36.2 Å². The van der Waals surface area contributed by atoms with E-state index < -0.39 is 0 Å². The Morgan fingerprint density at radius 1 is 1.64 bits per heavy atom. The molecule has 2 N–H and O–H groups in total. The molecule has 0 unspecified atom stereocenters. The Kier molecular flexibility index (Phi) is 2.81. The molecule has 0 aliphatic heterocycles. The molecule has 11 heavy (non-hydrogen) atoms. The predicted molar refractivity (Wildman–Crippen MR) is 47.1 cm³/mol. The van der Waals surface area contributed by atoms with Crippen molar-refractivity contribution in [3.63, 3.8) is 0 Å². The zero-order valence-electron chi connectivity index (χ0n) is 6.46. The SMILES string of the molecule is C=Cc1cc(CCN)ccn1. The van der Waals surface area contributed by atoms with Gasteiger partial charge in [0.15, 0.2) is 0 Å². The van der Waals surface area contributed by atoms with Crippen LogP contribution in [0, 0.1) is 0 Å². The van der Waals surface area contributed by atoms with E-state index in [4.69, 9.17) is 5.73 Å². The molecule has 0 spiro atoms. The molecule has 1 rings (SSSR count). The Labute approximate surface area is 66.8 Å². The lowest BCUT2D eigenvalue weighted by atomic mass is 10.2. The van der Waals surface area contributed by atoms with Crippen molar-refractivity contribution in [3.8, 4) is 0 Å². The summed E-state index contributed by atoms with van der Waals surface area (Å²) in [4.78, 5) is 4.08. The summed E-state index contributed by atoms with van der Waals surface area (Å²) >= 11 is 0. The summed E-state index contributed by atoms with van der Waals surface area (Å²) in [6, 6.07) is 3.97. The second-order valence-electron chi connectivity index (χ2n) is 2.33. The molecule has 58 valence electrons. The van der Waals surface area contributed by atoms with Crippen LogP contribution in [0.1, 0.15) is 11.3 Å². The Bertz CT molecular complexity index is 243. The van der Waals surface area contributed by atoms with Crippen LogP contribution in [0.2, 0.25) is 0 Å². The molecule has 0 aliphatic carbocycles. The number of rotatable bonds is 3. The van der Waals surface area contributed by atoms with Gasteiger partial charge in [-0.25, -0.2) is 0 Å². The molecule has 2 nitrogen and oxygen atoms in total. The Hall–Kier alpha value is -1.15. The first-order chi connectivity index (χ1) is 5.36. The van der Waals surface area contributed by atoms with Crippen LogP contribution < -0.4 is 5.73 Å². The molecular weight excluding hydrogens is 136 g/mol. The first-order valence-corrected chi connectivity index (χ1v) is 3.64. The van der Waals surface area contributed by atoms with Crippen molar-refractivity contribution in [2.45, 2.75) is 6.42 Å². The fourth-order valence-electron chi connectivity index (χ4n) is 0.928. The Morgan fingerprint density at radius 3 is 3.09 bits per heavy atom. The first-order valence-electron chi connectivity index (χ1n) is 3.64. The fraction of sp³-hybridized carbons (Fsp3) is 0.222. The molecule has 0 amide bonds. The first kappa shape index (κ1) is 7.95. The molecule has 0 radical (unpaired) electrons. The number of pyridine rings is 1. The van der Waals surface area contributed by atoms with Crippen molar-refractivity contribution in [2.24, 2.45) is 5.73 Å². The predicted octanol–water partition coefficient (Wildman–Crippen LogP) is 1.23. The summed E-state index contributed by atoms with van der Waals surface area (Å²) < 4.78 is 0. The second-order valence-corrected chi connectivity index (χ2v) is 2.33. The van der Waals surface area contributed by atoms with E-state index in [1.54, 1.807) is 12.3 Å². The van der Waals surface area contributed by atoms with Gasteiger partial charge < -0.3 is 5.73 Å². The second kappa shape index (κ2) is 3.88. The van der Waals surface area contributed by atoms with Crippen LogP contribution >= 0.6 is 0 Å². The number of hydrogen-bond donors (Lipinski definition) is 1. The molecule has 0 fully saturated rings. The van der Waals surface area contributed by atoms with E-state index in [1.165, 1.54) is 5.56 Å². The molecule has 1 heterocycles. The van der Waals surface area contributed by atoms with Crippen LogP contribution in [0.25, 0.3) is 6.08 Å². The minimum atomic E-state index is 0.681. The standard InChI is InChI=1S/C9H12N2/c1-2-9-7-8(3-5-10)4-6-11-9/h2,4,6-7H,1,3,5,10H2. The van der Waals surface area contributed by atoms with Gasteiger partial charge in [0, 0.05) is 6.20 Å². The third-order valence-corrected chi connectivity index (χ3v) is 1.49. The van der Waals surface area contributed by atoms with Gasteiger partial charge in [-0.2, -0.15) is 0 Å². The quantitative estimate of drug-likeness (QED) is 0.700. The van der Waals surface area contributed by atoms with Crippen LogP contribution in [-0.2, 0) is 6.42 Å². The third-order valence-electron chi connectivity index (χ3n) is 1.49. The summed E-state index contributed by atoms with van der Waals surface area (Å²) in [6.07, 6.45) is 4.42. The molecule has 0 atom stereocenters. The lowest BCUT2D eigenvalue weighted by Gasteiger charge is -1.98. The topological polar surface area (TPSA) is 38.9 Å². The molecule has 1 aromatic heterocycles. The lowest BCUT2D eigenvalue weighted by molar-refractivity contribution is 0.963. The summed E-state index contributed by atoms with van der Waals surface area (Å²) in [7, 11) is 0. The van der Waals surface area contributed by atoms with Crippen LogP contribution in [0.4, 0.5) is 0 Å². The maximum absolute atomic E-state index is 5.41. The lowest BCUT2D eigenvalue weighted by Crippen LogP contribution is -2.02. The summed E-state index contributed by atoms with van der Waals surface area (Å²) in [6.45, 7) is 4.32. The van der Waals surface area contributed by atoms with E-state index >= 15 is 0 Å². The van der Waals surface area contributed by atoms with Crippen LogP contribution in [0.5, 0.6) is 0 Å². The van der Waals surface area contributed by atoms with Crippen molar-refractivity contribution in [2.75, 3.05) is 6.54 Å². The fourth-order valence-corrected chi connectivity index (χ4v) is 0.928.